The molecule has 0 spiro atoms. The normalized spacial score (nSPS) is 14.7. The van der Waals surface area contributed by atoms with Gasteiger partial charge in [0.1, 0.15) is 0 Å². The van der Waals surface area contributed by atoms with Crippen molar-refractivity contribution in [3.05, 3.63) is 65.7 Å². The van der Waals surface area contributed by atoms with E-state index in [1.54, 1.807) is 48.5 Å². The zero-order valence-corrected chi connectivity index (χ0v) is 13.3. The predicted molar refractivity (Wildman–Crippen MR) is 91.9 cm³/mol. The molecular formula is C19H20N2O3. The molecule has 0 aliphatic heterocycles. The van der Waals surface area contributed by atoms with Gasteiger partial charge in [0.25, 0.3) is 11.8 Å². The summed E-state index contributed by atoms with van der Waals surface area (Å²) in [6.07, 6.45) is 1.91. The van der Waals surface area contributed by atoms with Crippen molar-refractivity contribution in [3.63, 3.8) is 0 Å². The van der Waals surface area contributed by atoms with Crippen LogP contribution >= 0.6 is 0 Å². The number of nitrogens with one attached hydrogen (secondary N) is 2. The number of benzene rings is 2. The first kappa shape index (κ1) is 16.2. The molecule has 1 aliphatic rings. The Bertz CT molecular complexity index is 722. The van der Waals surface area contributed by atoms with E-state index in [1.807, 2.05) is 6.07 Å². The molecule has 24 heavy (non-hydrogen) atoms. The van der Waals surface area contributed by atoms with Crippen LogP contribution in [0.3, 0.4) is 0 Å². The Hall–Kier alpha value is -2.66. The maximum Gasteiger partial charge on any atom is 0.255 e. The minimum atomic E-state index is -0.188. The average Bonchev–Trinajstić information content (AvgIpc) is 3.41. The molecule has 2 aromatic carbocycles. The standard InChI is InChI=1S/C19H20N2O3/c22-13-19(10-11-19)12-20-17(23)15-6-8-16(9-7-15)21-18(24)14-4-2-1-3-5-14/h1-9,22H,10-13H2,(H,20,23)(H,21,24). The van der Waals surface area contributed by atoms with Crippen molar-refractivity contribution in [1.82, 2.24) is 5.32 Å². The molecular weight excluding hydrogens is 304 g/mol. The molecule has 0 heterocycles. The second-order valence-electron chi connectivity index (χ2n) is 6.24. The second-order valence-corrected chi connectivity index (χ2v) is 6.24. The van der Waals surface area contributed by atoms with Crippen LogP contribution in [-0.4, -0.2) is 30.1 Å². The van der Waals surface area contributed by atoms with Gasteiger partial charge in [-0.3, -0.25) is 9.59 Å². The predicted octanol–water partition coefficient (Wildman–Crippen LogP) is 2.44. The molecule has 124 valence electrons. The van der Waals surface area contributed by atoms with E-state index in [0.29, 0.717) is 23.4 Å². The summed E-state index contributed by atoms with van der Waals surface area (Å²) < 4.78 is 0. The SMILES string of the molecule is O=C(NCC1(CO)CC1)c1ccc(NC(=O)c2ccccc2)cc1. The molecule has 0 saturated heterocycles. The molecule has 2 aromatic rings. The summed E-state index contributed by atoms with van der Waals surface area (Å²) in [7, 11) is 0. The highest BCUT2D eigenvalue weighted by molar-refractivity contribution is 6.04. The van der Waals surface area contributed by atoms with E-state index in [1.165, 1.54) is 0 Å². The fraction of sp³-hybridized carbons (Fsp3) is 0.263. The van der Waals surface area contributed by atoms with Crippen LogP contribution in [0.1, 0.15) is 33.6 Å². The fourth-order valence-electron chi connectivity index (χ4n) is 2.44. The van der Waals surface area contributed by atoms with Gasteiger partial charge in [0.2, 0.25) is 0 Å². The summed E-state index contributed by atoms with van der Waals surface area (Å²) in [4.78, 5) is 24.2. The first-order chi connectivity index (χ1) is 11.6. The zero-order chi connectivity index (χ0) is 17.0. The van der Waals surface area contributed by atoms with Crippen LogP contribution in [-0.2, 0) is 0 Å². The van der Waals surface area contributed by atoms with Crippen LogP contribution in [0.15, 0.2) is 54.6 Å². The van der Waals surface area contributed by atoms with E-state index in [0.717, 1.165) is 12.8 Å². The Kier molecular flexibility index (Phi) is 4.62. The summed E-state index contributed by atoms with van der Waals surface area (Å²) in [5.41, 5.74) is 1.63. The summed E-state index contributed by atoms with van der Waals surface area (Å²) in [6, 6.07) is 15.7. The molecule has 2 amide bonds. The van der Waals surface area contributed by atoms with Gasteiger partial charge >= 0.3 is 0 Å². The van der Waals surface area contributed by atoms with Gasteiger partial charge in [-0.2, -0.15) is 0 Å². The molecule has 1 fully saturated rings. The van der Waals surface area contributed by atoms with Gasteiger partial charge in [0.15, 0.2) is 0 Å². The highest BCUT2D eigenvalue weighted by Crippen LogP contribution is 2.44. The van der Waals surface area contributed by atoms with E-state index in [-0.39, 0.29) is 23.8 Å². The third-order valence-electron chi connectivity index (χ3n) is 4.36. The Morgan fingerprint density at radius 1 is 0.917 bits per heavy atom. The van der Waals surface area contributed by atoms with Crippen molar-refractivity contribution >= 4 is 17.5 Å². The van der Waals surface area contributed by atoms with E-state index in [9.17, 15) is 14.7 Å². The Morgan fingerprint density at radius 2 is 1.54 bits per heavy atom. The number of rotatable bonds is 6. The third kappa shape index (κ3) is 3.81. The topological polar surface area (TPSA) is 78.4 Å². The van der Waals surface area contributed by atoms with Crippen molar-refractivity contribution in [2.24, 2.45) is 5.41 Å². The fourth-order valence-corrected chi connectivity index (χ4v) is 2.44. The van der Waals surface area contributed by atoms with Crippen LogP contribution < -0.4 is 10.6 Å². The van der Waals surface area contributed by atoms with Gasteiger partial charge in [-0.1, -0.05) is 18.2 Å². The molecule has 0 atom stereocenters. The zero-order valence-electron chi connectivity index (χ0n) is 13.3. The average molecular weight is 324 g/mol. The minimum absolute atomic E-state index is 0.109. The van der Waals surface area contributed by atoms with Gasteiger partial charge in [-0.05, 0) is 49.2 Å². The molecule has 0 radical (unpaired) electrons. The Balaban J connectivity index is 1.57. The van der Waals surface area contributed by atoms with Gasteiger partial charge in [0.05, 0.1) is 6.61 Å². The molecule has 3 N–H and O–H groups in total. The van der Waals surface area contributed by atoms with E-state index >= 15 is 0 Å². The summed E-state index contributed by atoms with van der Waals surface area (Å²) in [5.74, 6) is -0.359. The van der Waals surface area contributed by atoms with Crippen LogP contribution in [0.5, 0.6) is 0 Å². The van der Waals surface area contributed by atoms with Crippen molar-refractivity contribution < 1.29 is 14.7 Å². The molecule has 0 aromatic heterocycles. The van der Waals surface area contributed by atoms with Crippen molar-refractivity contribution in [3.8, 4) is 0 Å². The van der Waals surface area contributed by atoms with Gasteiger partial charge in [0, 0.05) is 28.8 Å². The van der Waals surface area contributed by atoms with Gasteiger partial charge < -0.3 is 15.7 Å². The second kappa shape index (κ2) is 6.84. The maximum atomic E-state index is 12.1. The first-order valence-corrected chi connectivity index (χ1v) is 7.97. The number of hydrogen-bond donors (Lipinski definition) is 3. The molecule has 5 heteroatoms. The number of hydrogen-bond acceptors (Lipinski definition) is 3. The molecule has 1 aliphatic carbocycles. The van der Waals surface area contributed by atoms with Crippen LogP contribution in [0.4, 0.5) is 5.69 Å². The number of aliphatic hydroxyl groups excluding tert-OH is 1. The number of carbonyl (C=O) groups is 2. The van der Waals surface area contributed by atoms with Crippen molar-refractivity contribution in [2.75, 3.05) is 18.5 Å². The first-order valence-electron chi connectivity index (χ1n) is 7.97. The summed E-state index contributed by atoms with van der Waals surface area (Å²) in [5, 5.41) is 14.9. The lowest BCUT2D eigenvalue weighted by Crippen LogP contribution is -2.31. The molecule has 5 nitrogen and oxygen atoms in total. The highest BCUT2D eigenvalue weighted by Gasteiger charge is 2.42. The minimum Gasteiger partial charge on any atom is -0.396 e. The number of carbonyl (C=O) groups excluding carboxylic acids is 2. The Labute approximate surface area is 140 Å². The molecule has 0 unspecified atom stereocenters. The highest BCUT2D eigenvalue weighted by atomic mass is 16.3. The number of aliphatic hydroxyl groups is 1. The van der Waals surface area contributed by atoms with Crippen molar-refractivity contribution in [2.45, 2.75) is 12.8 Å². The molecule has 0 bridgehead atoms. The largest absolute Gasteiger partial charge is 0.396 e. The van der Waals surface area contributed by atoms with Crippen LogP contribution in [0.2, 0.25) is 0 Å². The van der Waals surface area contributed by atoms with Gasteiger partial charge in [-0.15, -0.1) is 0 Å². The maximum absolute atomic E-state index is 12.1. The lowest BCUT2D eigenvalue weighted by molar-refractivity contribution is 0.0934. The van der Waals surface area contributed by atoms with E-state index < -0.39 is 0 Å². The lowest BCUT2D eigenvalue weighted by atomic mass is 10.1. The molecule has 1 saturated carbocycles. The van der Waals surface area contributed by atoms with Gasteiger partial charge in [-0.25, -0.2) is 0 Å². The number of amides is 2. The summed E-state index contributed by atoms with van der Waals surface area (Å²) >= 11 is 0. The third-order valence-corrected chi connectivity index (χ3v) is 4.36. The van der Waals surface area contributed by atoms with Crippen LogP contribution in [0, 0.1) is 5.41 Å². The van der Waals surface area contributed by atoms with Crippen LogP contribution in [0.25, 0.3) is 0 Å². The Morgan fingerprint density at radius 3 is 2.12 bits per heavy atom. The number of anilines is 1. The van der Waals surface area contributed by atoms with E-state index in [4.69, 9.17) is 0 Å². The summed E-state index contributed by atoms with van der Waals surface area (Å²) in [6.45, 7) is 0.604. The van der Waals surface area contributed by atoms with Crippen molar-refractivity contribution in [1.29, 1.82) is 0 Å². The monoisotopic (exact) mass is 324 g/mol. The van der Waals surface area contributed by atoms with E-state index in [2.05, 4.69) is 10.6 Å². The quantitative estimate of drug-likeness (QED) is 0.764. The lowest BCUT2D eigenvalue weighted by Gasteiger charge is -2.13. The molecule has 3 rings (SSSR count). The smallest absolute Gasteiger partial charge is 0.255 e.